The van der Waals surface area contributed by atoms with Crippen molar-refractivity contribution in [3.8, 4) is 5.75 Å². The summed E-state index contributed by atoms with van der Waals surface area (Å²) >= 11 is 0. The number of carbonyl (C=O) groups is 1. The molecule has 2 fully saturated rings. The Morgan fingerprint density at radius 1 is 1.33 bits per heavy atom. The minimum atomic E-state index is -0.0901. The minimum absolute atomic E-state index is 0.0684. The predicted octanol–water partition coefficient (Wildman–Crippen LogP) is 1.70. The van der Waals surface area contributed by atoms with Crippen LogP contribution in [0, 0.1) is 6.92 Å². The van der Waals surface area contributed by atoms with Gasteiger partial charge in [-0.15, -0.1) is 0 Å². The molecule has 1 aromatic carbocycles. The Bertz CT molecular complexity index is 474. The van der Waals surface area contributed by atoms with E-state index in [0.29, 0.717) is 18.7 Å². The van der Waals surface area contributed by atoms with Crippen LogP contribution >= 0.6 is 0 Å². The number of fused-ring (bicyclic) bond motifs is 2. The molecule has 2 atom stereocenters. The van der Waals surface area contributed by atoms with Crippen molar-refractivity contribution in [2.24, 2.45) is 0 Å². The normalized spacial score (nSPS) is 26.4. The van der Waals surface area contributed by atoms with Gasteiger partial charge in [0.05, 0.1) is 17.8 Å². The second-order valence-corrected chi connectivity index (χ2v) is 5.19. The van der Waals surface area contributed by atoms with Gasteiger partial charge in [0.25, 0.3) is 5.91 Å². The SMILES string of the molecule is Cc1ccc(C(=O)N2CC3CCC(C2)O3)c(O)c1. The fourth-order valence-electron chi connectivity index (χ4n) is 2.77. The van der Waals surface area contributed by atoms with Crippen LogP contribution < -0.4 is 0 Å². The third kappa shape index (κ3) is 1.97. The highest BCUT2D eigenvalue weighted by Gasteiger charge is 2.36. The zero-order valence-corrected chi connectivity index (χ0v) is 10.4. The molecule has 2 heterocycles. The van der Waals surface area contributed by atoms with Crippen LogP contribution in [0.25, 0.3) is 0 Å². The lowest BCUT2D eigenvalue weighted by Crippen LogP contribution is -2.45. The summed E-state index contributed by atoms with van der Waals surface area (Å²) in [4.78, 5) is 14.2. The van der Waals surface area contributed by atoms with Gasteiger partial charge in [0.2, 0.25) is 0 Å². The maximum atomic E-state index is 12.4. The van der Waals surface area contributed by atoms with Crippen LogP contribution in [0.15, 0.2) is 18.2 Å². The average Bonchev–Trinajstić information content (AvgIpc) is 2.67. The Kier molecular flexibility index (Phi) is 2.74. The standard InChI is InChI=1S/C14H17NO3/c1-9-2-5-12(13(16)6-9)14(17)15-7-10-3-4-11(8-15)18-10/h2,5-6,10-11,16H,3-4,7-8H2,1H3. The maximum Gasteiger partial charge on any atom is 0.257 e. The number of phenols is 1. The predicted molar refractivity (Wildman–Crippen MR) is 66.6 cm³/mol. The van der Waals surface area contributed by atoms with Crippen molar-refractivity contribution in [1.82, 2.24) is 4.90 Å². The molecule has 2 unspecified atom stereocenters. The summed E-state index contributed by atoms with van der Waals surface area (Å²) < 4.78 is 5.71. The van der Waals surface area contributed by atoms with Crippen LogP contribution in [0.1, 0.15) is 28.8 Å². The lowest BCUT2D eigenvalue weighted by molar-refractivity contribution is -0.0304. The van der Waals surface area contributed by atoms with Crippen LogP contribution in [-0.4, -0.2) is 41.2 Å². The molecule has 0 spiro atoms. The zero-order chi connectivity index (χ0) is 12.7. The van der Waals surface area contributed by atoms with Gasteiger partial charge in [-0.25, -0.2) is 0 Å². The van der Waals surface area contributed by atoms with E-state index in [-0.39, 0.29) is 23.9 Å². The molecule has 4 heteroatoms. The minimum Gasteiger partial charge on any atom is -0.507 e. The summed E-state index contributed by atoms with van der Waals surface area (Å²) in [6.07, 6.45) is 2.43. The number of hydrogen-bond donors (Lipinski definition) is 1. The van der Waals surface area contributed by atoms with Crippen LogP contribution in [0.5, 0.6) is 5.75 Å². The number of likely N-dealkylation sites (tertiary alicyclic amines) is 1. The number of benzene rings is 1. The molecule has 1 amide bonds. The van der Waals surface area contributed by atoms with E-state index in [1.54, 1.807) is 17.0 Å². The molecule has 18 heavy (non-hydrogen) atoms. The van der Waals surface area contributed by atoms with E-state index >= 15 is 0 Å². The van der Waals surface area contributed by atoms with E-state index in [9.17, 15) is 9.90 Å². The van der Waals surface area contributed by atoms with Gasteiger partial charge in [0.1, 0.15) is 5.75 Å². The molecular formula is C14H17NO3. The first-order valence-electron chi connectivity index (χ1n) is 6.38. The Hall–Kier alpha value is -1.55. The molecule has 1 N–H and O–H groups in total. The first-order chi connectivity index (χ1) is 8.63. The summed E-state index contributed by atoms with van der Waals surface area (Å²) in [6.45, 7) is 3.17. The molecule has 0 saturated carbocycles. The Morgan fingerprint density at radius 3 is 2.61 bits per heavy atom. The van der Waals surface area contributed by atoms with Crippen molar-refractivity contribution in [1.29, 1.82) is 0 Å². The molecule has 2 aliphatic rings. The Morgan fingerprint density at radius 2 is 2.00 bits per heavy atom. The van der Waals surface area contributed by atoms with Crippen molar-refractivity contribution < 1.29 is 14.6 Å². The van der Waals surface area contributed by atoms with E-state index in [1.165, 1.54) is 0 Å². The molecule has 0 aliphatic carbocycles. The number of hydrogen-bond acceptors (Lipinski definition) is 3. The number of phenolic OH excluding ortho intramolecular Hbond substituents is 1. The van der Waals surface area contributed by atoms with E-state index < -0.39 is 0 Å². The average molecular weight is 247 g/mol. The monoisotopic (exact) mass is 247 g/mol. The van der Waals surface area contributed by atoms with Gasteiger partial charge < -0.3 is 14.7 Å². The maximum absolute atomic E-state index is 12.4. The molecule has 2 bridgehead atoms. The smallest absolute Gasteiger partial charge is 0.257 e. The molecule has 0 aromatic heterocycles. The summed E-state index contributed by atoms with van der Waals surface area (Å²) in [6, 6.07) is 5.18. The lowest BCUT2D eigenvalue weighted by atomic mass is 10.1. The summed E-state index contributed by atoms with van der Waals surface area (Å²) in [5, 5.41) is 9.86. The highest BCUT2D eigenvalue weighted by atomic mass is 16.5. The van der Waals surface area contributed by atoms with Crippen molar-refractivity contribution in [3.63, 3.8) is 0 Å². The van der Waals surface area contributed by atoms with Gasteiger partial charge in [-0.3, -0.25) is 4.79 Å². The molecule has 3 rings (SSSR count). The lowest BCUT2D eigenvalue weighted by Gasteiger charge is -2.32. The van der Waals surface area contributed by atoms with Gasteiger partial charge in [-0.05, 0) is 37.5 Å². The van der Waals surface area contributed by atoms with Crippen LogP contribution in [0.2, 0.25) is 0 Å². The van der Waals surface area contributed by atoms with Crippen LogP contribution in [0.4, 0.5) is 0 Å². The fraction of sp³-hybridized carbons (Fsp3) is 0.500. The van der Waals surface area contributed by atoms with Crippen molar-refractivity contribution in [3.05, 3.63) is 29.3 Å². The summed E-state index contributed by atoms with van der Waals surface area (Å²) in [5.41, 5.74) is 1.34. The van der Waals surface area contributed by atoms with E-state index in [1.807, 2.05) is 13.0 Å². The van der Waals surface area contributed by atoms with Crippen LogP contribution in [0.3, 0.4) is 0 Å². The van der Waals surface area contributed by atoms with E-state index in [2.05, 4.69) is 0 Å². The van der Waals surface area contributed by atoms with Gasteiger partial charge in [-0.2, -0.15) is 0 Å². The van der Waals surface area contributed by atoms with Crippen molar-refractivity contribution in [2.75, 3.05) is 13.1 Å². The molecule has 1 aromatic rings. The van der Waals surface area contributed by atoms with Crippen molar-refractivity contribution >= 4 is 5.91 Å². The topological polar surface area (TPSA) is 49.8 Å². The largest absolute Gasteiger partial charge is 0.507 e. The van der Waals surface area contributed by atoms with Crippen LogP contribution in [-0.2, 0) is 4.74 Å². The van der Waals surface area contributed by atoms with Gasteiger partial charge in [-0.1, -0.05) is 6.07 Å². The Balaban J connectivity index is 1.82. The van der Waals surface area contributed by atoms with Gasteiger partial charge >= 0.3 is 0 Å². The number of ether oxygens (including phenoxy) is 1. The first-order valence-corrected chi connectivity index (χ1v) is 6.38. The second-order valence-electron chi connectivity index (χ2n) is 5.19. The quantitative estimate of drug-likeness (QED) is 0.821. The number of aryl methyl sites for hydroxylation is 1. The zero-order valence-electron chi connectivity index (χ0n) is 10.4. The first kappa shape index (κ1) is 11.5. The van der Waals surface area contributed by atoms with Crippen molar-refractivity contribution in [2.45, 2.75) is 32.0 Å². The van der Waals surface area contributed by atoms with E-state index in [0.717, 1.165) is 18.4 Å². The summed E-state index contributed by atoms with van der Waals surface area (Å²) in [7, 11) is 0. The molecule has 0 radical (unpaired) electrons. The number of rotatable bonds is 1. The molecule has 2 saturated heterocycles. The number of nitrogens with zero attached hydrogens (tertiary/aromatic N) is 1. The summed E-state index contributed by atoms with van der Waals surface area (Å²) in [5.74, 6) is -0.0217. The highest BCUT2D eigenvalue weighted by Crippen LogP contribution is 2.28. The molecule has 4 nitrogen and oxygen atoms in total. The third-order valence-corrected chi connectivity index (χ3v) is 3.71. The van der Waals surface area contributed by atoms with Gasteiger partial charge in [0.15, 0.2) is 0 Å². The fourth-order valence-corrected chi connectivity index (χ4v) is 2.77. The highest BCUT2D eigenvalue weighted by molar-refractivity contribution is 5.97. The number of morpholine rings is 1. The van der Waals surface area contributed by atoms with Gasteiger partial charge in [0, 0.05) is 13.1 Å². The van der Waals surface area contributed by atoms with E-state index in [4.69, 9.17) is 4.74 Å². The number of carbonyl (C=O) groups excluding carboxylic acids is 1. The number of amides is 1. The third-order valence-electron chi connectivity index (χ3n) is 3.71. The Labute approximate surface area is 106 Å². The molecule has 2 aliphatic heterocycles. The second kappa shape index (κ2) is 4.28. The number of aromatic hydroxyl groups is 1. The molecular weight excluding hydrogens is 230 g/mol. The molecule has 96 valence electrons.